The van der Waals surface area contributed by atoms with Crippen LogP contribution in [0.15, 0.2) is 46.4 Å². The molecule has 1 amide bonds. The molecule has 2 aromatic rings. The molecule has 0 fully saturated rings. The van der Waals surface area contributed by atoms with E-state index in [1.54, 1.807) is 12.1 Å². The summed E-state index contributed by atoms with van der Waals surface area (Å²) < 4.78 is 30.0. The summed E-state index contributed by atoms with van der Waals surface area (Å²) in [6.07, 6.45) is 0.731. The molecule has 0 atom stereocenters. The predicted octanol–water partition coefficient (Wildman–Crippen LogP) is 3.68. The largest absolute Gasteiger partial charge is 0.376 e. The van der Waals surface area contributed by atoms with E-state index in [4.69, 9.17) is 27.4 Å². The second-order valence-electron chi connectivity index (χ2n) is 5.71. The fourth-order valence-electron chi connectivity index (χ4n) is 2.35. The van der Waals surface area contributed by atoms with Crippen LogP contribution in [0.5, 0.6) is 5.75 Å². The number of hydrazone groups is 1. The third kappa shape index (κ3) is 4.00. The standard InChI is InChI=1S/C17H14Cl2N2O4S/c1-10-2-4-12(5-3-10)26(23,24)25-17-13(18)8-11(9-14(17)19)15-6-7-16(22)21-20-15/h2-5,8-9H,6-7H2,1H3,(H,21,22). The minimum Gasteiger partial charge on any atom is -0.376 e. The van der Waals surface area contributed by atoms with E-state index in [0.717, 1.165) is 5.56 Å². The van der Waals surface area contributed by atoms with Crippen LogP contribution < -0.4 is 9.61 Å². The molecule has 136 valence electrons. The van der Waals surface area contributed by atoms with E-state index in [1.807, 2.05) is 6.92 Å². The molecule has 1 aliphatic rings. The number of aryl methyl sites for hydroxylation is 1. The first-order valence-electron chi connectivity index (χ1n) is 7.62. The second-order valence-corrected chi connectivity index (χ2v) is 8.07. The van der Waals surface area contributed by atoms with Gasteiger partial charge in [0.15, 0.2) is 5.75 Å². The number of nitrogens with one attached hydrogen (secondary N) is 1. The van der Waals surface area contributed by atoms with Gasteiger partial charge in [-0.05, 0) is 31.2 Å². The molecule has 2 aromatic carbocycles. The van der Waals surface area contributed by atoms with Crippen LogP contribution in [-0.4, -0.2) is 20.0 Å². The van der Waals surface area contributed by atoms with E-state index in [9.17, 15) is 13.2 Å². The van der Waals surface area contributed by atoms with Gasteiger partial charge in [0, 0.05) is 18.4 Å². The summed E-state index contributed by atoms with van der Waals surface area (Å²) >= 11 is 12.4. The van der Waals surface area contributed by atoms with Crippen molar-refractivity contribution in [1.29, 1.82) is 0 Å². The maximum Gasteiger partial charge on any atom is 0.339 e. The first kappa shape index (κ1) is 18.7. The van der Waals surface area contributed by atoms with Gasteiger partial charge in [-0.25, -0.2) is 5.43 Å². The average molecular weight is 413 g/mol. The molecule has 1 aliphatic heterocycles. The topological polar surface area (TPSA) is 84.8 Å². The van der Waals surface area contributed by atoms with Gasteiger partial charge >= 0.3 is 10.1 Å². The average Bonchev–Trinajstić information content (AvgIpc) is 2.59. The van der Waals surface area contributed by atoms with Gasteiger partial charge in [0.25, 0.3) is 0 Å². The van der Waals surface area contributed by atoms with E-state index in [0.29, 0.717) is 24.1 Å². The molecule has 0 unspecified atom stereocenters. The van der Waals surface area contributed by atoms with E-state index in [1.165, 1.54) is 24.3 Å². The van der Waals surface area contributed by atoms with Crippen LogP contribution in [0.1, 0.15) is 24.0 Å². The summed E-state index contributed by atoms with van der Waals surface area (Å²) in [5.74, 6) is -0.326. The van der Waals surface area contributed by atoms with Gasteiger partial charge < -0.3 is 4.18 Å². The van der Waals surface area contributed by atoms with Gasteiger partial charge in [-0.2, -0.15) is 13.5 Å². The maximum absolute atomic E-state index is 12.4. The SMILES string of the molecule is Cc1ccc(S(=O)(=O)Oc2c(Cl)cc(C3=NNC(=O)CC3)cc2Cl)cc1. The quantitative estimate of drug-likeness (QED) is 0.775. The fourth-order valence-corrected chi connectivity index (χ4v) is 3.97. The number of carbonyl (C=O) groups is 1. The molecule has 0 spiro atoms. The highest BCUT2D eigenvalue weighted by atomic mass is 35.5. The number of halogens is 2. The van der Waals surface area contributed by atoms with Crippen LogP contribution in [0.25, 0.3) is 0 Å². The van der Waals surface area contributed by atoms with Crippen molar-refractivity contribution in [2.75, 3.05) is 0 Å². The van der Waals surface area contributed by atoms with E-state index >= 15 is 0 Å². The van der Waals surface area contributed by atoms with Crippen LogP contribution in [0.4, 0.5) is 0 Å². The Morgan fingerprint density at radius 2 is 1.69 bits per heavy atom. The number of hydrogen-bond donors (Lipinski definition) is 1. The van der Waals surface area contributed by atoms with Crippen LogP contribution >= 0.6 is 23.2 Å². The minimum absolute atomic E-state index is 0.00122. The molecule has 6 nitrogen and oxygen atoms in total. The first-order chi connectivity index (χ1) is 12.3. The number of carbonyl (C=O) groups excluding carboxylic acids is 1. The van der Waals surface area contributed by atoms with Gasteiger partial charge in [-0.1, -0.05) is 40.9 Å². The molecule has 3 rings (SSSR count). The van der Waals surface area contributed by atoms with Crippen molar-refractivity contribution in [3.05, 3.63) is 57.6 Å². The summed E-state index contributed by atoms with van der Waals surface area (Å²) in [7, 11) is -4.08. The van der Waals surface area contributed by atoms with Crippen molar-refractivity contribution >= 4 is 44.9 Å². The number of nitrogens with zero attached hydrogens (tertiary/aromatic N) is 1. The number of hydrogen-bond acceptors (Lipinski definition) is 5. The van der Waals surface area contributed by atoms with E-state index in [2.05, 4.69) is 10.5 Å². The zero-order valence-corrected chi connectivity index (χ0v) is 16.0. The zero-order valence-electron chi connectivity index (χ0n) is 13.6. The Kier molecular flexibility index (Phi) is 5.22. The number of rotatable bonds is 4. The number of benzene rings is 2. The lowest BCUT2D eigenvalue weighted by Crippen LogP contribution is -2.25. The fraction of sp³-hybridized carbons (Fsp3) is 0.176. The lowest BCUT2D eigenvalue weighted by Gasteiger charge is -2.15. The van der Waals surface area contributed by atoms with Crippen molar-refractivity contribution < 1.29 is 17.4 Å². The van der Waals surface area contributed by atoms with Gasteiger partial charge in [-0.3, -0.25) is 4.79 Å². The molecule has 0 bridgehead atoms. The molecule has 0 saturated heterocycles. The molecule has 0 saturated carbocycles. The Morgan fingerprint density at radius 3 is 2.23 bits per heavy atom. The van der Waals surface area contributed by atoms with Gasteiger partial charge in [0.05, 0.1) is 15.8 Å². The van der Waals surface area contributed by atoms with Crippen molar-refractivity contribution in [3.8, 4) is 5.75 Å². The van der Waals surface area contributed by atoms with E-state index < -0.39 is 10.1 Å². The second kappa shape index (κ2) is 7.26. The predicted molar refractivity (Wildman–Crippen MR) is 99.4 cm³/mol. The lowest BCUT2D eigenvalue weighted by molar-refractivity contribution is -0.121. The molecule has 26 heavy (non-hydrogen) atoms. The first-order valence-corrected chi connectivity index (χ1v) is 9.78. The number of amides is 1. The maximum atomic E-state index is 12.4. The summed E-state index contributed by atoms with van der Waals surface area (Å²) in [6.45, 7) is 1.85. The highest BCUT2D eigenvalue weighted by Gasteiger charge is 2.22. The third-order valence-corrected chi connectivity index (χ3v) is 5.54. The Morgan fingerprint density at radius 1 is 1.08 bits per heavy atom. The van der Waals surface area contributed by atoms with Crippen molar-refractivity contribution in [1.82, 2.24) is 5.43 Å². The molecular formula is C17H14Cl2N2O4S. The Balaban J connectivity index is 1.91. The monoisotopic (exact) mass is 412 g/mol. The summed E-state index contributed by atoms with van der Waals surface area (Å²) in [5, 5.41) is 4.02. The Bertz CT molecular complexity index is 979. The van der Waals surface area contributed by atoms with Crippen LogP contribution in [-0.2, 0) is 14.9 Å². The van der Waals surface area contributed by atoms with Gasteiger partial charge in [-0.15, -0.1) is 0 Å². The molecule has 1 N–H and O–H groups in total. The highest BCUT2D eigenvalue weighted by molar-refractivity contribution is 7.87. The van der Waals surface area contributed by atoms with Gasteiger partial charge in [0.2, 0.25) is 5.91 Å². The lowest BCUT2D eigenvalue weighted by atomic mass is 10.0. The Labute approximate surface area is 160 Å². The zero-order chi connectivity index (χ0) is 18.9. The van der Waals surface area contributed by atoms with Gasteiger partial charge in [0.1, 0.15) is 4.90 Å². The minimum atomic E-state index is -4.08. The summed E-state index contributed by atoms with van der Waals surface area (Å²) in [4.78, 5) is 11.2. The molecule has 0 aromatic heterocycles. The molecule has 9 heteroatoms. The summed E-state index contributed by atoms with van der Waals surface area (Å²) in [6, 6.07) is 9.23. The third-order valence-electron chi connectivity index (χ3n) is 3.74. The molecule has 1 heterocycles. The van der Waals surface area contributed by atoms with Crippen molar-refractivity contribution in [2.24, 2.45) is 5.10 Å². The summed E-state index contributed by atoms with van der Waals surface area (Å²) in [5.41, 5.74) is 4.49. The smallest absolute Gasteiger partial charge is 0.339 e. The molecular weight excluding hydrogens is 399 g/mol. The molecule has 0 radical (unpaired) electrons. The van der Waals surface area contributed by atoms with Crippen LogP contribution in [0.2, 0.25) is 10.0 Å². The van der Waals surface area contributed by atoms with Crippen LogP contribution in [0.3, 0.4) is 0 Å². The van der Waals surface area contributed by atoms with Crippen LogP contribution in [0, 0.1) is 6.92 Å². The van der Waals surface area contributed by atoms with Crippen molar-refractivity contribution in [2.45, 2.75) is 24.7 Å². The highest BCUT2D eigenvalue weighted by Crippen LogP contribution is 2.36. The Hall–Kier alpha value is -2.09. The normalized spacial score (nSPS) is 14.6. The molecule has 0 aliphatic carbocycles. The van der Waals surface area contributed by atoms with Crippen molar-refractivity contribution in [3.63, 3.8) is 0 Å². The van der Waals surface area contributed by atoms with E-state index in [-0.39, 0.29) is 26.6 Å².